The van der Waals surface area contributed by atoms with Crippen LogP contribution in [0.1, 0.15) is 39.5 Å². The first-order valence-corrected chi connectivity index (χ1v) is 6.29. The Labute approximate surface area is 110 Å². The molecule has 5 heteroatoms. The average molecular weight is 265 g/mol. The Morgan fingerprint density at radius 3 is 2.82 bits per heavy atom. The summed E-state index contributed by atoms with van der Waals surface area (Å²) in [6, 6.07) is 0.252. The van der Waals surface area contributed by atoms with Gasteiger partial charge in [0.15, 0.2) is 0 Å². The highest BCUT2D eigenvalue weighted by Gasteiger charge is 2.28. The van der Waals surface area contributed by atoms with Crippen molar-refractivity contribution in [1.29, 1.82) is 0 Å². The summed E-state index contributed by atoms with van der Waals surface area (Å²) in [5.41, 5.74) is 5.92. The molecule has 0 spiro atoms. The van der Waals surface area contributed by atoms with Gasteiger partial charge in [0.1, 0.15) is 6.61 Å². The normalized spacial score (nSPS) is 21.8. The number of likely N-dealkylation sites (tertiary alicyclic amines) is 1. The Kier molecular flexibility index (Phi) is 8.56. The van der Waals surface area contributed by atoms with Crippen LogP contribution in [0, 0.1) is 0 Å². The molecule has 0 saturated carbocycles. The summed E-state index contributed by atoms with van der Waals surface area (Å²) in [6.45, 7) is 5.71. The van der Waals surface area contributed by atoms with Crippen LogP contribution < -0.4 is 5.73 Å². The van der Waals surface area contributed by atoms with Crippen molar-refractivity contribution in [3.63, 3.8) is 0 Å². The van der Waals surface area contributed by atoms with Crippen molar-refractivity contribution in [2.45, 2.75) is 51.6 Å². The molecule has 0 aromatic carbocycles. The lowest BCUT2D eigenvalue weighted by Crippen LogP contribution is -2.52. The second kappa shape index (κ2) is 8.72. The molecule has 1 amide bonds. The number of carbonyl (C=O) groups is 1. The highest BCUT2D eigenvalue weighted by molar-refractivity contribution is 5.85. The van der Waals surface area contributed by atoms with Crippen molar-refractivity contribution in [1.82, 2.24) is 4.90 Å². The zero-order chi connectivity index (χ0) is 12.0. The molecule has 2 atom stereocenters. The minimum absolute atomic E-state index is 0. The summed E-state index contributed by atoms with van der Waals surface area (Å²) in [5, 5.41) is 0. The summed E-state index contributed by atoms with van der Waals surface area (Å²) < 4.78 is 5.29. The Morgan fingerprint density at radius 2 is 2.24 bits per heavy atom. The molecule has 102 valence electrons. The third kappa shape index (κ3) is 5.23. The van der Waals surface area contributed by atoms with Crippen LogP contribution in [-0.2, 0) is 9.53 Å². The Balaban J connectivity index is 0.00000256. The largest absolute Gasteiger partial charge is 0.372 e. The summed E-state index contributed by atoms with van der Waals surface area (Å²) in [6.07, 6.45) is 4.23. The molecule has 2 N–H and O–H groups in total. The van der Waals surface area contributed by atoms with Gasteiger partial charge in [0.2, 0.25) is 5.91 Å². The van der Waals surface area contributed by atoms with Gasteiger partial charge in [-0.25, -0.2) is 0 Å². The Morgan fingerprint density at radius 1 is 1.53 bits per heavy atom. The highest BCUT2D eigenvalue weighted by atomic mass is 35.5. The van der Waals surface area contributed by atoms with Crippen molar-refractivity contribution < 1.29 is 9.53 Å². The van der Waals surface area contributed by atoms with E-state index in [1.807, 2.05) is 18.7 Å². The molecule has 0 aliphatic carbocycles. The number of carbonyl (C=O) groups excluding carboxylic acids is 1. The fourth-order valence-electron chi connectivity index (χ4n) is 2.20. The molecular weight excluding hydrogens is 240 g/mol. The number of hydrogen-bond acceptors (Lipinski definition) is 3. The lowest BCUT2D eigenvalue weighted by molar-refractivity contribution is -0.140. The van der Waals surface area contributed by atoms with Gasteiger partial charge in [-0.15, -0.1) is 12.4 Å². The minimum atomic E-state index is 0. The van der Waals surface area contributed by atoms with Crippen LogP contribution in [0.4, 0.5) is 0 Å². The van der Waals surface area contributed by atoms with Crippen molar-refractivity contribution >= 4 is 18.3 Å². The predicted octanol–water partition coefficient (Wildman–Crippen LogP) is 1.56. The summed E-state index contributed by atoms with van der Waals surface area (Å²) in [7, 11) is 0. The molecule has 1 saturated heterocycles. The molecule has 4 nitrogen and oxygen atoms in total. The molecule has 1 heterocycles. The number of hydrogen-bond donors (Lipinski definition) is 1. The van der Waals surface area contributed by atoms with E-state index in [0.717, 1.165) is 25.8 Å². The van der Waals surface area contributed by atoms with Gasteiger partial charge in [-0.3, -0.25) is 4.79 Å². The molecule has 0 aromatic heterocycles. The van der Waals surface area contributed by atoms with Gasteiger partial charge in [-0.1, -0.05) is 6.92 Å². The van der Waals surface area contributed by atoms with Crippen molar-refractivity contribution in [2.24, 2.45) is 5.73 Å². The second-order valence-electron chi connectivity index (χ2n) is 4.56. The number of amides is 1. The summed E-state index contributed by atoms with van der Waals surface area (Å²) in [4.78, 5) is 13.8. The molecule has 1 aliphatic heterocycles. The van der Waals surface area contributed by atoms with E-state index in [1.54, 1.807) is 0 Å². The van der Waals surface area contributed by atoms with E-state index in [4.69, 9.17) is 10.5 Å². The number of nitrogens with two attached hydrogens (primary N) is 1. The molecule has 2 unspecified atom stereocenters. The zero-order valence-corrected chi connectivity index (χ0v) is 11.7. The Bertz CT molecular complexity index is 225. The van der Waals surface area contributed by atoms with Crippen LogP contribution in [0.3, 0.4) is 0 Å². The predicted molar refractivity (Wildman–Crippen MR) is 71.4 cm³/mol. The summed E-state index contributed by atoms with van der Waals surface area (Å²) in [5.74, 6) is 0.0930. The van der Waals surface area contributed by atoms with Crippen LogP contribution in [0.15, 0.2) is 0 Å². The van der Waals surface area contributed by atoms with E-state index in [9.17, 15) is 4.79 Å². The first kappa shape index (κ1) is 16.7. The minimum Gasteiger partial charge on any atom is -0.372 e. The van der Waals surface area contributed by atoms with E-state index < -0.39 is 0 Å². The van der Waals surface area contributed by atoms with Gasteiger partial charge in [0, 0.05) is 25.2 Å². The van der Waals surface area contributed by atoms with Crippen LogP contribution in [0.25, 0.3) is 0 Å². The van der Waals surface area contributed by atoms with Crippen molar-refractivity contribution in [3.8, 4) is 0 Å². The molecule has 0 bridgehead atoms. The third-order valence-electron chi connectivity index (χ3n) is 3.05. The van der Waals surface area contributed by atoms with E-state index >= 15 is 0 Å². The van der Waals surface area contributed by atoms with Crippen LogP contribution >= 0.6 is 12.4 Å². The van der Waals surface area contributed by atoms with E-state index in [2.05, 4.69) is 0 Å². The number of ether oxygens (including phenoxy) is 1. The first-order valence-electron chi connectivity index (χ1n) is 6.29. The SMILES string of the molecule is CCCOCC(=O)N1CCCCC1C(C)N.Cl. The maximum atomic E-state index is 11.9. The zero-order valence-electron chi connectivity index (χ0n) is 10.9. The standard InChI is InChI=1S/C12H24N2O2.ClH/c1-3-8-16-9-12(15)14-7-5-4-6-11(14)10(2)13;/h10-11H,3-9,13H2,1-2H3;1H. The molecule has 0 radical (unpaired) electrons. The first-order chi connectivity index (χ1) is 7.66. The van der Waals surface area contributed by atoms with Gasteiger partial charge in [-0.05, 0) is 32.6 Å². The van der Waals surface area contributed by atoms with Gasteiger partial charge < -0.3 is 15.4 Å². The third-order valence-corrected chi connectivity index (χ3v) is 3.05. The molecule has 0 aromatic rings. The topological polar surface area (TPSA) is 55.6 Å². The lowest BCUT2D eigenvalue weighted by atomic mass is 9.97. The van der Waals surface area contributed by atoms with Gasteiger partial charge in [0.05, 0.1) is 0 Å². The van der Waals surface area contributed by atoms with Crippen molar-refractivity contribution in [3.05, 3.63) is 0 Å². The summed E-state index contributed by atoms with van der Waals surface area (Å²) >= 11 is 0. The molecule has 1 aliphatic rings. The molecule has 1 rings (SSSR count). The molecule has 17 heavy (non-hydrogen) atoms. The number of halogens is 1. The lowest BCUT2D eigenvalue weighted by Gasteiger charge is -2.38. The maximum absolute atomic E-state index is 11.9. The van der Waals surface area contributed by atoms with Crippen LogP contribution in [-0.4, -0.2) is 42.6 Å². The second-order valence-corrected chi connectivity index (χ2v) is 4.56. The van der Waals surface area contributed by atoms with E-state index in [0.29, 0.717) is 6.61 Å². The highest BCUT2D eigenvalue weighted by Crippen LogP contribution is 2.19. The van der Waals surface area contributed by atoms with E-state index in [-0.39, 0.29) is 37.0 Å². The van der Waals surface area contributed by atoms with Crippen LogP contribution in [0.5, 0.6) is 0 Å². The fourth-order valence-corrected chi connectivity index (χ4v) is 2.20. The average Bonchev–Trinajstić information content (AvgIpc) is 2.29. The quantitative estimate of drug-likeness (QED) is 0.767. The number of rotatable bonds is 5. The van der Waals surface area contributed by atoms with Gasteiger partial charge in [-0.2, -0.15) is 0 Å². The maximum Gasteiger partial charge on any atom is 0.248 e. The number of piperidine rings is 1. The van der Waals surface area contributed by atoms with E-state index in [1.165, 1.54) is 6.42 Å². The van der Waals surface area contributed by atoms with Crippen molar-refractivity contribution in [2.75, 3.05) is 19.8 Å². The molecule has 1 fully saturated rings. The van der Waals surface area contributed by atoms with Crippen LogP contribution in [0.2, 0.25) is 0 Å². The van der Waals surface area contributed by atoms with Gasteiger partial charge >= 0.3 is 0 Å². The fraction of sp³-hybridized carbons (Fsp3) is 0.917. The monoisotopic (exact) mass is 264 g/mol. The molecular formula is C12H25ClN2O2. The number of nitrogens with zero attached hydrogens (tertiary/aromatic N) is 1. The smallest absolute Gasteiger partial charge is 0.248 e. The van der Waals surface area contributed by atoms with Gasteiger partial charge in [0.25, 0.3) is 0 Å². The Hall–Kier alpha value is -0.320.